The highest BCUT2D eigenvalue weighted by atomic mass is 16.4. The molecule has 0 radical (unpaired) electrons. The third-order valence-corrected chi connectivity index (χ3v) is 13.7. The van der Waals surface area contributed by atoms with Crippen molar-refractivity contribution in [1.82, 2.24) is 47.9 Å². The highest BCUT2D eigenvalue weighted by Gasteiger charge is 2.38. The third kappa shape index (κ3) is 23.1. The van der Waals surface area contributed by atoms with Crippen molar-refractivity contribution in [1.29, 1.82) is 0 Å². The van der Waals surface area contributed by atoms with Gasteiger partial charge in [-0.05, 0) is 59.4 Å². The molecule has 88 heavy (non-hydrogen) atoms. The van der Waals surface area contributed by atoms with Crippen LogP contribution >= 0.6 is 0 Å². The van der Waals surface area contributed by atoms with E-state index in [9.17, 15) is 93.3 Å². The van der Waals surface area contributed by atoms with E-state index in [0.717, 1.165) is 0 Å². The van der Waals surface area contributed by atoms with Gasteiger partial charge in [0.2, 0.25) is 53.2 Å². The van der Waals surface area contributed by atoms with Crippen LogP contribution in [0.2, 0.25) is 0 Å². The Morgan fingerprint density at radius 2 is 0.716 bits per heavy atom. The second-order valence-electron chi connectivity index (χ2n) is 20.6. The molecule has 29 heteroatoms. The number of hydrogen-bond donors (Lipinski definition) is 17. The molecular formula is C59H74N10O19. The molecular weight excluding hydrogens is 1150 g/mol. The molecule has 0 saturated carbocycles. The molecule has 474 valence electrons. The monoisotopic (exact) mass is 1230 g/mol. The Balaban J connectivity index is 1.69. The minimum absolute atomic E-state index is 0.0620. The Hall–Kier alpha value is -10.00. The number of phenolic OH excluding ortho intramolecular Hbond substituents is 2. The summed E-state index contributed by atoms with van der Waals surface area (Å²) in [5.74, 6) is -16.1. The lowest BCUT2D eigenvalue weighted by Crippen LogP contribution is -2.62. The molecule has 0 heterocycles. The van der Waals surface area contributed by atoms with Gasteiger partial charge in [-0.15, -0.1) is 0 Å². The van der Waals surface area contributed by atoms with E-state index >= 15 is 0 Å². The van der Waals surface area contributed by atoms with Crippen LogP contribution in [0, 0.1) is 5.92 Å². The first-order valence-electron chi connectivity index (χ1n) is 27.7. The van der Waals surface area contributed by atoms with Gasteiger partial charge in [0, 0.05) is 25.7 Å². The zero-order valence-corrected chi connectivity index (χ0v) is 48.2. The summed E-state index contributed by atoms with van der Waals surface area (Å²) in [6.45, 7) is 2.76. The van der Waals surface area contributed by atoms with Crippen LogP contribution in [0.4, 0.5) is 0 Å². The van der Waals surface area contributed by atoms with Gasteiger partial charge in [-0.3, -0.25) is 52.7 Å². The maximum absolute atomic E-state index is 14.7. The summed E-state index contributed by atoms with van der Waals surface area (Å²) in [6, 6.07) is 11.2. The lowest BCUT2D eigenvalue weighted by Gasteiger charge is -2.29. The van der Waals surface area contributed by atoms with Crippen molar-refractivity contribution in [3.05, 3.63) is 131 Å². The van der Waals surface area contributed by atoms with Crippen molar-refractivity contribution in [3.63, 3.8) is 0 Å². The minimum atomic E-state index is -2.10. The van der Waals surface area contributed by atoms with E-state index in [4.69, 9.17) is 5.73 Å². The summed E-state index contributed by atoms with van der Waals surface area (Å²) in [6.07, 6.45) is -5.04. The zero-order valence-electron chi connectivity index (χ0n) is 48.2. The van der Waals surface area contributed by atoms with E-state index in [1.54, 1.807) is 67.6 Å². The molecule has 0 saturated heterocycles. The van der Waals surface area contributed by atoms with E-state index in [-0.39, 0.29) is 41.9 Å². The number of phenols is 2. The molecule has 0 aliphatic carbocycles. The van der Waals surface area contributed by atoms with Gasteiger partial charge in [-0.25, -0.2) is 4.79 Å². The number of aliphatic hydroxyl groups excluding tert-OH is 2. The van der Waals surface area contributed by atoms with Crippen molar-refractivity contribution in [3.8, 4) is 11.5 Å². The highest BCUT2D eigenvalue weighted by molar-refractivity contribution is 6.00. The Labute approximate surface area is 504 Å². The Bertz CT molecular complexity index is 3060. The van der Waals surface area contributed by atoms with Gasteiger partial charge >= 0.3 is 17.9 Å². The Morgan fingerprint density at radius 3 is 1.07 bits per heavy atom. The first-order valence-corrected chi connectivity index (χ1v) is 27.7. The zero-order chi connectivity index (χ0) is 65.2. The number of hydrogen-bond acceptors (Lipinski definition) is 17. The van der Waals surface area contributed by atoms with Gasteiger partial charge in [0.15, 0.2) is 0 Å². The molecule has 0 unspecified atom stereocenters. The smallest absolute Gasteiger partial charge is 0.328 e. The van der Waals surface area contributed by atoms with Crippen molar-refractivity contribution in [2.24, 2.45) is 11.7 Å². The van der Waals surface area contributed by atoms with Crippen molar-refractivity contribution in [2.75, 3.05) is 13.2 Å². The standard InChI is InChI=1S/C59H74N10O19/c1-4-31(2)49(57(85)67-45(30-70)59(87)88)68-56(84)44(28-48(77)78)65-52(80)41(26-36-17-21-38(73)22-18-36)63-54(82)43(27-47(75)76)64-51(79)40(25-35-15-19-37(72)20-16-35)62-53(81)42(24-34-13-9-6-10-14-34)66-58(86)50(32(3)71)69-55(83)39(61-46(74)29-60)23-33-11-7-5-8-12-33/h5-22,31-32,39-45,49-50,70-73H,4,23-30,60H2,1-3H3,(H,61,74)(H,62,81)(H,63,82)(H,64,79)(H,65,80)(H,66,86)(H,67,85)(H,68,84)(H,69,83)(H,75,76)(H,77,78)(H,87,88)/t31-,32+,39-,40-,41-,42-,43-,44-,45-,49-,50-/m0/s1. The van der Waals surface area contributed by atoms with E-state index < -0.39 is 176 Å². The average molecular weight is 1230 g/mol. The molecule has 0 spiro atoms. The third-order valence-electron chi connectivity index (χ3n) is 13.7. The molecule has 4 aromatic carbocycles. The molecule has 29 nitrogen and oxygen atoms in total. The van der Waals surface area contributed by atoms with Crippen LogP contribution in [0.25, 0.3) is 0 Å². The van der Waals surface area contributed by atoms with Crippen molar-refractivity contribution < 1.29 is 93.3 Å². The van der Waals surface area contributed by atoms with Gasteiger partial charge in [0.05, 0.1) is 32.1 Å². The fraction of sp³-hybridized carbons (Fsp3) is 0.390. The summed E-state index contributed by atoms with van der Waals surface area (Å²) >= 11 is 0. The fourth-order valence-corrected chi connectivity index (χ4v) is 8.71. The number of benzene rings is 4. The van der Waals surface area contributed by atoms with Crippen LogP contribution in [0.3, 0.4) is 0 Å². The van der Waals surface area contributed by atoms with Gasteiger partial charge in [-0.2, -0.15) is 0 Å². The summed E-state index contributed by atoms with van der Waals surface area (Å²) < 4.78 is 0. The van der Waals surface area contributed by atoms with Gasteiger partial charge < -0.3 is 89.3 Å². The number of carboxylic acids is 3. The Morgan fingerprint density at radius 1 is 0.409 bits per heavy atom. The maximum atomic E-state index is 14.7. The Kier molecular flexibility index (Phi) is 27.9. The van der Waals surface area contributed by atoms with Crippen LogP contribution in [-0.2, 0) is 83.2 Å². The lowest BCUT2D eigenvalue weighted by atomic mass is 9.97. The number of aliphatic carboxylic acids is 3. The number of nitrogens with two attached hydrogens (primary N) is 1. The highest BCUT2D eigenvalue weighted by Crippen LogP contribution is 2.16. The van der Waals surface area contributed by atoms with Gasteiger partial charge in [0.25, 0.3) is 0 Å². The first kappa shape index (κ1) is 70.5. The van der Waals surface area contributed by atoms with Crippen molar-refractivity contribution in [2.45, 2.75) is 126 Å². The van der Waals surface area contributed by atoms with E-state index in [1.165, 1.54) is 62.4 Å². The molecule has 0 aromatic heterocycles. The van der Waals surface area contributed by atoms with Crippen LogP contribution in [0.1, 0.15) is 62.3 Å². The topological polar surface area (TPSA) is 481 Å². The first-order chi connectivity index (χ1) is 41.7. The second-order valence-corrected chi connectivity index (χ2v) is 20.6. The quantitative estimate of drug-likeness (QED) is 0.0220. The number of carboxylic acid groups (broad SMARTS) is 3. The largest absolute Gasteiger partial charge is 0.508 e. The van der Waals surface area contributed by atoms with Gasteiger partial charge in [0.1, 0.15) is 65.9 Å². The van der Waals surface area contributed by atoms with Crippen LogP contribution in [0.5, 0.6) is 11.5 Å². The number of amides is 9. The number of carbonyl (C=O) groups is 12. The molecule has 0 fully saturated rings. The molecule has 0 aliphatic rings. The second kappa shape index (κ2) is 34.8. The summed E-state index contributed by atoms with van der Waals surface area (Å²) in [7, 11) is 0. The van der Waals surface area contributed by atoms with Crippen molar-refractivity contribution >= 4 is 71.1 Å². The summed E-state index contributed by atoms with van der Waals surface area (Å²) in [5, 5.41) is 91.0. The molecule has 4 rings (SSSR count). The van der Waals surface area contributed by atoms with Crippen LogP contribution in [0.15, 0.2) is 109 Å². The molecule has 0 aliphatic heterocycles. The number of carbonyl (C=O) groups excluding carboxylic acids is 9. The molecule has 18 N–H and O–H groups in total. The SMILES string of the molecule is CC[C@H](C)[C@H](NC(=O)[C@H](CC(=O)O)NC(=O)[C@H](Cc1ccc(O)cc1)NC(=O)[C@H](CC(=O)O)NC(=O)[C@H](Cc1ccc(O)cc1)NC(=O)[C@H](Cc1ccccc1)NC(=O)[C@@H](NC(=O)[C@H](Cc1ccccc1)NC(=O)CN)[C@@H](C)O)C(=O)N[C@@H](CO)C(=O)O. The molecule has 9 amide bonds. The summed E-state index contributed by atoms with van der Waals surface area (Å²) in [5.41, 5.74) is 7.09. The predicted octanol–water partition coefficient (Wildman–Crippen LogP) is -2.86. The van der Waals surface area contributed by atoms with Crippen LogP contribution < -0.4 is 53.6 Å². The molecule has 11 atom stereocenters. The normalized spacial score (nSPS) is 14.7. The number of aromatic hydroxyl groups is 2. The molecule has 0 bridgehead atoms. The fourth-order valence-electron chi connectivity index (χ4n) is 8.71. The molecule has 4 aromatic rings. The van der Waals surface area contributed by atoms with E-state index in [0.29, 0.717) is 11.1 Å². The van der Waals surface area contributed by atoms with E-state index in [2.05, 4.69) is 47.9 Å². The maximum Gasteiger partial charge on any atom is 0.328 e. The summed E-state index contributed by atoms with van der Waals surface area (Å²) in [4.78, 5) is 162. The van der Waals surface area contributed by atoms with Crippen LogP contribution in [-0.4, -0.2) is 180 Å². The van der Waals surface area contributed by atoms with E-state index in [1.807, 2.05) is 0 Å². The minimum Gasteiger partial charge on any atom is -0.508 e. The lowest BCUT2D eigenvalue weighted by molar-refractivity contribution is -0.144. The average Bonchev–Trinajstić information content (AvgIpc) is 3.55. The number of rotatable bonds is 35. The number of aliphatic hydroxyl groups is 2. The number of nitrogens with one attached hydrogen (secondary N) is 9. The van der Waals surface area contributed by atoms with Gasteiger partial charge in [-0.1, -0.05) is 105 Å². The predicted molar refractivity (Wildman–Crippen MR) is 311 cm³/mol.